The highest BCUT2D eigenvalue weighted by atomic mass is 16.5. The minimum atomic E-state index is -0.301. The number of nitrogens with zero attached hydrogens (tertiary/aromatic N) is 2. The number of hydrogen-bond acceptors (Lipinski definition) is 4. The van der Waals surface area contributed by atoms with E-state index in [9.17, 15) is 9.59 Å². The van der Waals surface area contributed by atoms with Crippen LogP contribution in [0.1, 0.15) is 40.0 Å². The lowest BCUT2D eigenvalue weighted by atomic mass is 10.1. The molecule has 0 bridgehead atoms. The van der Waals surface area contributed by atoms with Crippen LogP contribution >= 0.6 is 0 Å². The maximum absolute atomic E-state index is 12.7. The largest absolute Gasteiger partial charge is 0.494 e. The van der Waals surface area contributed by atoms with Crippen LogP contribution in [0.5, 0.6) is 5.75 Å². The molecule has 2 aromatic carbocycles. The Morgan fingerprint density at radius 1 is 0.880 bits per heavy atom. The van der Waals surface area contributed by atoms with Gasteiger partial charge in [0.15, 0.2) is 0 Å². The normalized spacial score (nSPS) is 17.0. The summed E-state index contributed by atoms with van der Waals surface area (Å²) in [6.07, 6.45) is 3.63. The van der Waals surface area contributed by atoms with E-state index in [1.165, 1.54) is 24.2 Å². The molecule has 1 fully saturated rings. The average Bonchev–Trinajstić information content (AvgIpc) is 2.93. The lowest BCUT2D eigenvalue weighted by molar-refractivity contribution is 0.0925. The average molecular weight is 336 g/mol. The quantitative estimate of drug-likeness (QED) is 0.805. The van der Waals surface area contributed by atoms with Gasteiger partial charge in [-0.3, -0.25) is 9.59 Å². The number of piperidine rings is 1. The zero-order valence-electron chi connectivity index (χ0n) is 14.2. The van der Waals surface area contributed by atoms with Crippen molar-refractivity contribution in [3.63, 3.8) is 0 Å². The second-order valence-corrected chi connectivity index (χ2v) is 6.40. The smallest absolute Gasteiger partial charge is 0.266 e. The van der Waals surface area contributed by atoms with Crippen molar-refractivity contribution in [1.82, 2.24) is 0 Å². The van der Waals surface area contributed by atoms with Crippen LogP contribution in [0.15, 0.2) is 42.5 Å². The van der Waals surface area contributed by atoms with E-state index in [1.807, 2.05) is 18.2 Å². The summed E-state index contributed by atoms with van der Waals surface area (Å²) in [5.41, 5.74) is 2.44. The molecule has 2 amide bonds. The molecule has 0 N–H and O–H groups in total. The van der Waals surface area contributed by atoms with Crippen molar-refractivity contribution in [2.45, 2.75) is 19.3 Å². The van der Waals surface area contributed by atoms with Gasteiger partial charge in [0.1, 0.15) is 5.75 Å². The van der Waals surface area contributed by atoms with Gasteiger partial charge in [0.25, 0.3) is 11.8 Å². The van der Waals surface area contributed by atoms with Crippen LogP contribution in [0.2, 0.25) is 0 Å². The summed E-state index contributed by atoms with van der Waals surface area (Å²) in [4.78, 5) is 28.9. The van der Waals surface area contributed by atoms with Gasteiger partial charge < -0.3 is 9.64 Å². The minimum Gasteiger partial charge on any atom is -0.494 e. The molecule has 5 heteroatoms. The third kappa shape index (κ3) is 2.56. The molecule has 4 rings (SSSR count). The van der Waals surface area contributed by atoms with E-state index < -0.39 is 0 Å². The Hall–Kier alpha value is -2.82. The predicted molar refractivity (Wildman–Crippen MR) is 96.6 cm³/mol. The Balaban J connectivity index is 1.71. The number of ether oxygens (including phenoxy) is 1. The fraction of sp³-hybridized carbons (Fsp3) is 0.300. The van der Waals surface area contributed by atoms with E-state index >= 15 is 0 Å². The van der Waals surface area contributed by atoms with Crippen molar-refractivity contribution < 1.29 is 14.3 Å². The number of rotatable bonds is 3. The fourth-order valence-corrected chi connectivity index (χ4v) is 3.61. The van der Waals surface area contributed by atoms with Gasteiger partial charge in [-0.25, -0.2) is 4.90 Å². The standard InChI is InChI=1S/C20H20N2O3/c1-25-18-13-14(21-11-5-2-6-12-21)9-10-17(18)22-19(23)15-7-3-4-8-16(15)20(22)24/h3-4,7-10,13H,2,5-6,11-12H2,1H3. The van der Waals surface area contributed by atoms with Gasteiger partial charge >= 0.3 is 0 Å². The molecule has 0 unspecified atom stereocenters. The van der Waals surface area contributed by atoms with E-state index in [2.05, 4.69) is 4.90 Å². The Labute approximate surface area is 146 Å². The molecular weight excluding hydrogens is 316 g/mol. The molecule has 2 heterocycles. The third-order valence-electron chi connectivity index (χ3n) is 4.92. The van der Waals surface area contributed by atoms with E-state index in [-0.39, 0.29) is 11.8 Å². The lowest BCUT2D eigenvalue weighted by Crippen LogP contribution is -2.31. The first-order chi connectivity index (χ1) is 12.2. The first kappa shape index (κ1) is 15.7. The van der Waals surface area contributed by atoms with Crippen molar-refractivity contribution in [2.75, 3.05) is 30.0 Å². The molecule has 0 aliphatic carbocycles. The number of benzene rings is 2. The third-order valence-corrected chi connectivity index (χ3v) is 4.92. The number of imide groups is 1. The predicted octanol–water partition coefficient (Wildman–Crippen LogP) is 3.49. The molecule has 0 aromatic heterocycles. The molecule has 2 aromatic rings. The van der Waals surface area contributed by atoms with Gasteiger partial charge in [0.05, 0.1) is 23.9 Å². The maximum Gasteiger partial charge on any atom is 0.266 e. The first-order valence-corrected chi connectivity index (χ1v) is 8.61. The number of hydrogen-bond donors (Lipinski definition) is 0. The van der Waals surface area contributed by atoms with E-state index in [4.69, 9.17) is 4.74 Å². The Morgan fingerprint density at radius 3 is 2.12 bits per heavy atom. The van der Waals surface area contributed by atoms with Crippen LogP contribution < -0.4 is 14.5 Å². The summed E-state index contributed by atoms with van der Waals surface area (Å²) >= 11 is 0. The molecule has 0 radical (unpaired) electrons. The van der Waals surface area contributed by atoms with Crippen LogP contribution in [0.4, 0.5) is 11.4 Å². The van der Waals surface area contributed by atoms with Crippen molar-refractivity contribution in [3.8, 4) is 5.75 Å². The number of carbonyl (C=O) groups is 2. The lowest BCUT2D eigenvalue weighted by Gasteiger charge is -2.29. The van der Waals surface area contributed by atoms with E-state index in [1.54, 1.807) is 31.4 Å². The molecule has 0 spiro atoms. The van der Waals surface area contributed by atoms with Crippen molar-refractivity contribution in [1.29, 1.82) is 0 Å². The zero-order chi connectivity index (χ0) is 17.4. The summed E-state index contributed by atoms with van der Waals surface area (Å²) in [6, 6.07) is 12.6. The molecule has 1 saturated heterocycles. The summed E-state index contributed by atoms with van der Waals surface area (Å²) in [7, 11) is 1.57. The Bertz CT molecular complexity index is 806. The van der Waals surface area contributed by atoms with Gasteiger partial charge in [-0.2, -0.15) is 0 Å². The van der Waals surface area contributed by atoms with Crippen LogP contribution in [-0.4, -0.2) is 32.0 Å². The highest BCUT2D eigenvalue weighted by molar-refractivity contribution is 6.34. The molecule has 0 saturated carbocycles. The number of carbonyl (C=O) groups excluding carboxylic acids is 2. The zero-order valence-corrected chi connectivity index (χ0v) is 14.2. The van der Waals surface area contributed by atoms with E-state index in [0.29, 0.717) is 22.6 Å². The van der Waals surface area contributed by atoms with Crippen molar-refractivity contribution in [2.24, 2.45) is 0 Å². The fourth-order valence-electron chi connectivity index (χ4n) is 3.61. The van der Waals surface area contributed by atoms with Crippen LogP contribution in [0.25, 0.3) is 0 Å². The van der Waals surface area contributed by atoms with Crippen LogP contribution in [0, 0.1) is 0 Å². The van der Waals surface area contributed by atoms with Crippen LogP contribution in [0.3, 0.4) is 0 Å². The molecule has 5 nitrogen and oxygen atoms in total. The van der Waals surface area contributed by atoms with Gasteiger partial charge in [-0.05, 0) is 43.5 Å². The number of fused-ring (bicyclic) bond motifs is 1. The van der Waals surface area contributed by atoms with Crippen LogP contribution in [-0.2, 0) is 0 Å². The second-order valence-electron chi connectivity index (χ2n) is 6.40. The van der Waals surface area contributed by atoms with Crippen molar-refractivity contribution >= 4 is 23.2 Å². The highest BCUT2D eigenvalue weighted by Crippen LogP contribution is 2.37. The molecular formula is C20H20N2O3. The second kappa shape index (κ2) is 6.24. The Morgan fingerprint density at radius 2 is 1.52 bits per heavy atom. The summed E-state index contributed by atoms with van der Waals surface area (Å²) in [5, 5.41) is 0. The molecule has 128 valence electrons. The van der Waals surface area contributed by atoms with Gasteiger partial charge in [-0.15, -0.1) is 0 Å². The molecule has 0 atom stereocenters. The number of methoxy groups -OCH3 is 1. The van der Waals surface area contributed by atoms with Gasteiger partial charge in [-0.1, -0.05) is 12.1 Å². The monoisotopic (exact) mass is 336 g/mol. The SMILES string of the molecule is COc1cc(N2CCCCC2)ccc1N1C(=O)c2ccccc2C1=O. The minimum absolute atomic E-state index is 0.301. The topological polar surface area (TPSA) is 49.9 Å². The summed E-state index contributed by atoms with van der Waals surface area (Å²) in [5.74, 6) is -0.0631. The number of anilines is 2. The summed E-state index contributed by atoms with van der Waals surface area (Å²) < 4.78 is 5.51. The molecule has 25 heavy (non-hydrogen) atoms. The van der Waals surface area contributed by atoms with E-state index in [0.717, 1.165) is 18.8 Å². The first-order valence-electron chi connectivity index (χ1n) is 8.61. The van der Waals surface area contributed by atoms with Gasteiger partial charge in [0.2, 0.25) is 0 Å². The molecule has 2 aliphatic rings. The summed E-state index contributed by atoms with van der Waals surface area (Å²) in [6.45, 7) is 2.05. The maximum atomic E-state index is 12.7. The van der Waals surface area contributed by atoms with Crippen molar-refractivity contribution in [3.05, 3.63) is 53.6 Å². The highest BCUT2D eigenvalue weighted by Gasteiger charge is 2.37. The molecule has 2 aliphatic heterocycles. The Kier molecular flexibility index (Phi) is 3.92. The number of amides is 2. The van der Waals surface area contributed by atoms with Gasteiger partial charge in [0, 0.05) is 24.8 Å².